The first kappa shape index (κ1) is 11.2. The topological polar surface area (TPSA) is 48.4 Å². The molecule has 0 aliphatic rings. The van der Waals surface area contributed by atoms with E-state index in [1.54, 1.807) is 19.1 Å². The number of rotatable bonds is 4. The molecule has 15 heavy (non-hydrogen) atoms. The van der Waals surface area contributed by atoms with Crippen molar-refractivity contribution in [1.82, 2.24) is 4.98 Å². The lowest BCUT2D eigenvalue weighted by Gasteiger charge is -2.05. The van der Waals surface area contributed by atoms with Gasteiger partial charge >= 0.3 is 5.97 Å². The summed E-state index contributed by atoms with van der Waals surface area (Å²) in [6, 6.07) is 3.38. The first-order valence-electron chi connectivity index (χ1n) is 4.55. The summed E-state index contributed by atoms with van der Waals surface area (Å²) in [6.07, 6.45) is 1.53. The summed E-state index contributed by atoms with van der Waals surface area (Å²) in [7, 11) is 1.53. The van der Waals surface area contributed by atoms with Gasteiger partial charge in [0, 0.05) is 17.8 Å². The number of methoxy groups -OCH3 is 1. The van der Waals surface area contributed by atoms with Crippen molar-refractivity contribution in [3.8, 4) is 5.88 Å². The van der Waals surface area contributed by atoms with Crippen LogP contribution in [0.2, 0.25) is 0 Å². The zero-order valence-electron chi connectivity index (χ0n) is 8.82. The van der Waals surface area contributed by atoms with E-state index in [1.165, 1.54) is 13.3 Å². The van der Waals surface area contributed by atoms with E-state index in [2.05, 4.69) is 11.6 Å². The molecule has 1 rings (SSSR count). The minimum absolute atomic E-state index is 0.298. The Morgan fingerprint density at radius 2 is 2.27 bits per heavy atom. The van der Waals surface area contributed by atoms with Crippen molar-refractivity contribution in [2.75, 3.05) is 13.7 Å². The molecule has 1 aromatic heterocycles. The lowest BCUT2D eigenvalue weighted by atomic mass is 10.1. The number of esters is 1. The van der Waals surface area contributed by atoms with Crippen LogP contribution in [0.4, 0.5) is 0 Å². The van der Waals surface area contributed by atoms with Gasteiger partial charge in [-0.3, -0.25) is 0 Å². The van der Waals surface area contributed by atoms with Gasteiger partial charge in [-0.1, -0.05) is 6.58 Å². The average molecular weight is 207 g/mol. The number of hydrogen-bond donors (Lipinski definition) is 0. The Bertz CT molecular complexity index is 357. The Kier molecular flexibility index (Phi) is 3.85. The fraction of sp³-hybridized carbons (Fsp3) is 0.273. The Morgan fingerprint density at radius 1 is 1.53 bits per heavy atom. The van der Waals surface area contributed by atoms with Crippen LogP contribution < -0.4 is 4.74 Å². The molecule has 4 heteroatoms. The van der Waals surface area contributed by atoms with Crippen molar-refractivity contribution < 1.29 is 14.3 Å². The second-order valence-electron chi connectivity index (χ2n) is 2.79. The summed E-state index contributed by atoms with van der Waals surface area (Å²) in [5.74, 6) is 0.0693. The van der Waals surface area contributed by atoms with E-state index in [4.69, 9.17) is 9.47 Å². The molecular weight excluding hydrogens is 194 g/mol. The second-order valence-corrected chi connectivity index (χ2v) is 2.79. The van der Waals surface area contributed by atoms with Crippen molar-refractivity contribution in [3.05, 3.63) is 30.5 Å². The predicted octanol–water partition coefficient (Wildman–Crippen LogP) is 1.67. The van der Waals surface area contributed by atoms with E-state index in [0.29, 0.717) is 23.6 Å². The van der Waals surface area contributed by atoms with Crippen LogP contribution >= 0.6 is 0 Å². The fourth-order valence-corrected chi connectivity index (χ4v) is 1.02. The van der Waals surface area contributed by atoms with Crippen LogP contribution in [-0.2, 0) is 9.53 Å². The molecule has 1 heterocycles. The summed E-state index contributed by atoms with van der Waals surface area (Å²) in [6.45, 7) is 5.73. The summed E-state index contributed by atoms with van der Waals surface area (Å²) in [5, 5.41) is 0. The number of carbonyl (C=O) groups is 1. The van der Waals surface area contributed by atoms with Crippen molar-refractivity contribution in [2.24, 2.45) is 0 Å². The summed E-state index contributed by atoms with van der Waals surface area (Å²) >= 11 is 0. The third-order valence-corrected chi connectivity index (χ3v) is 1.82. The lowest BCUT2D eigenvalue weighted by Crippen LogP contribution is -2.06. The third-order valence-electron chi connectivity index (χ3n) is 1.82. The van der Waals surface area contributed by atoms with Crippen molar-refractivity contribution in [3.63, 3.8) is 0 Å². The van der Waals surface area contributed by atoms with E-state index >= 15 is 0 Å². The zero-order chi connectivity index (χ0) is 11.3. The van der Waals surface area contributed by atoms with Crippen molar-refractivity contribution >= 4 is 11.5 Å². The highest BCUT2D eigenvalue weighted by molar-refractivity contribution is 6.15. The van der Waals surface area contributed by atoms with Gasteiger partial charge in [0.15, 0.2) is 0 Å². The molecule has 0 bridgehead atoms. The molecule has 0 unspecified atom stereocenters. The van der Waals surface area contributed by atoms with Gasteiger partial charge in [0.05, 0.1) is 19.3 Å². The maximum Gasteiger partial charge on any atom is 0.338 e. The molecule has 0 aliphatic heterocycles. The summed E-state index contributed by atoms with van der Waals surface area (Å²) in [4.78, 5) is 15.3. The molecular formula is C11H13NO3. The SMILES string of the molecule is C=C(C(=O)OCC)c1ccc(OC)nc1. The van der Waals surface area contributed by atoms with E-state index in [9.17, 15) is 4.79 Å². The fourth-order valence-electron chi connectivity index (χ4n) is 1.02. The van der Waals surface area contributed by atoms with E-state index in [0.717, 1.165) is 0 Å². The number of pyridine rings is 1. The minimum Gasteiger partial charge on any atom is -0.481 e. The van der Waals surface area contributed by atoms with Crippen LogP contribution in [0.3, 0.4) is 0 Å². The van der Waals surface area contributed by atoms with Gasteiger partial charge in [0.25, 0.3) is 0 Å². The quantitative estimate of drug-likeness (QED) is 0.556. The van der Waals surface area contributed by atoms with Crippen LogP contribution in [0.15, 0.2) is 24.9 Å². The molecule has 0 fully saturated rings. The predicted molar refractivity (Wildman–Crippen MR) is 56.5 cm³/mol. The Morgan fingerprint density at radius 3 is 2.73 bits per heavy atom. The van der Waals surface area contributed by atoms with Gasteiger partial charge in [-0.25, -0.2) is 9.78 Å². The van der Waals surface area contributed by atoms with Gasteiger partial charge in [-0.05, 0) is 13.0 Å². The average Bonchev–Trinajstić information content (AvgIpc) is 2.28. The standard InChI is InChI=1S/C11H13NO3/c1-4-15-11(13)8(2)9-5-6-10(14-3)12-7-9/h5-7H,2,4H2,1,3H3. The molecule has 0 spiro atoms. The van der Waals surface area contributed by atoms with Crippen LogP contribution in [0.5, 0.6) is 5.88 Å². The Balaban J connectivity index is 2.78. The molecule has 0 N–H and O–H groups in total. The van der Waals surface area contributed by atoms with E-state index in [-0.39, 0.29) is 0 Å². The highest BCUT2D eigenvalue weighted by Crippen LogP contribution is 2.15. The molecule has 0 saturated heterocycles. The maximum atomic E-state index is 11.3. The third kappa shape index (κ3) is 2.80. The molecule has 0 saturated carbocycles. The molecule has 0 aromatic carbocycles. The highest BCUT2D eigenvalue weighted by atomic mass is 16.5. The normalized spacial score (nSPS) is 9.47. The van der Waals surface area contributed by atoms with Gasteiger partial charge in [-0.2, -0.15) is 0 Å². The van der Waals surface area contributed by atoms with Gasteiger partial charge in [0.1, 0.15) is 0 Å². The lowest BCUT2D eigenvalue weighted by molar-refractivity contribution is -0.136. The Labute approximate surface area is 88.5 Å². The van der Waals surface area contributed by atoms with Crippen LogP contribution in [0.1, 0.15) is 12.5 Å². The maximum absolute atomic E-state index is 11.3. The van der Waals surface area contributed by atoms with Gasteiger partial charge in [-0.15, -0.1) is 0 Å². The number of hydrogen-bond acceptors (Lipinski definition) is 4. The monoisotopic (exact) mass is 207 g/mol. The summed E-state index contributed by atoms with van der Waals surface area (Å²) in [5.41, 5.74) is 0.932. The first-order chi connectivity index (χ1) is 7.19. The minimum atomic E-state index is -0.426. The molecule has 1 aromatic rings. The molecule has 0 amide bonds. The number of ether oxygens (including phenoxy) is 2. The van der Waals surface area contributed by atoms with Crippen molar-refractivity contribution in [1.29, 1.82) is 0 Å². The molecule has 0 atom stereocenters. The van der Waals surface area contributed by atoms with Gasteiger partial charge in [0.2, 0.25) is 5.88 Å². The van der Waals surface area contributed by atoms with Gasteiger partial charge < -0.3 is 9.47 Å². The Hall–Kier alpha value is -1.84. The van der Waals surface area contributed by atoms with Crippen LogP contribution in [0.25, 0.3) is 5.57 Å². The molecule has 80 valence electrons. The highest BCUT2D eigenvalue weighted by Gasteiger charge is 2.10. The molecule has 4 nitrogen and oxygen atoms in total. The largest absolute Gasteiger partial charge is 0.481 e. The summed E-state index contributed by atoms with van der Waals surface area (Å²) < 4.78 is 9.72. The zero-order valence-corrected chi connectivity index (χ0v) is 8.82. The molecule has 0 aliphatic carbocycles. The first-order valence-corrected chi connectivity index (χ1v) is 4.55. The van der Waals surface area contributed by atoms with Crippen molar-refractivity contribution in [2.45, 2.75) is 6.92 Å². The second kappa shape index (κ2) is 5.14. The van der Waals surface area contributed by atoms with Crippen LogP contribution in [-0.4, -0.2) is 24.7 Å². The van der Waals surface area contributed by atoms with E-state index < -0.39 is 5.97 Å². The smallest absolute Gasteiger partial charge is 0.338 e. The van der Waals surface area contributed by atoms with Crippen LogP contribution in [0, 0.1) is 0 Å². The molecule has 0 radical (unpaired) electrons. The number of carbonyl (C=O) groups excluding carboxylic acids is 1. The number of nitrogens with zero attached hydrogens (tertiary/aromatic N) is 1. The van der Waals surface area contributed by atoms with E-state index in [1.807, 2.05) is 0 Å². The number of aromatic nitrogens is 1.